The molecule has 0 saturated heterocycles. The molecule has 176 valence electrons. The van der Waals surface area contributed by atoms with Gasteiger partial charge in [-0.2, -0.15) is 0 Å². The van der Waals surface area contributed by atoms with Crippen LogP contribution in [0.1, 0.15) is 23.6 Å². The van der Waals surface area contributed by atoms with Gasteiger partial charge in [-0.3, -0.25) is 4.90 Å². The molecule has 8 nitrogen and oxygen atoms in total. The largest absolute Gasteiger partial charge is 0.497 e. The highest BCUT2D eigenvalue weighted by molar-refractivity contribution is 9.10. The van der Waals surface area contributed by atoms with Crippen LogP contribution in [0, 0.1) is 0 Å². The van der Waals surface area contributed by atoms with Gasteiger partial charge in [-0.05, 0) is 54.5 Å². The Morgan fingerprint density at radius 3 is 2.41 bits per heavy atom. The summed E-state index contributed by atoms with van der Waals surface area (Å²) in [7, 11) is 5.25. The number of methoxy groups -OCH3 is 1. The average Bonchev–Trinajstić information content (AvgIpc) is 2.88. The maximum Gasteiger partial charge on any atom is 0.416 e. The average molecular weight is 524 g/mol. The number of ether oxygens (including phenoxy) is 2. The summed E-state index contributed by atoms with van der Waals surface area (Å²) in [5, 5.41) is 6.18. The lowest BCUT2D eigenvalue weighted by atomic mass is 9.92. The lowest BCUT2D eigenvalue weighted by Crippen LogP contribution is -2.39. The van der Waals surface area contributed by atoms with E-state index < -0.39 is 6.09 Å². The van der Waals surface area contributed by atoms with Crippen LogP contribution >= 0.6 is 15.9 Å². The molecule has 3 aromatic rings. The Bertz CT molecular complexity index is 1180. The highest BCUT2D eigenvalue weighted by atomic mass is 79.9. The van der Waals surface area contributed by atoms with Crippen molar-refractivity contribution >= 4 is 39.2 Å². The summed E-state index contributed by atoms with van der Waals surface area (Å²) >= 11 is 3.58. The van der Waals surface area contributed by atoms with Crippen LogP contribution in [0.15, 0.2) is 65.4 Å². The van der Waals surface area contributed by atoms with Crippen molar-refractivity contribution in [2.45, 2.75) is 12.5 Å². The van der Waals surface area contributed by atoms with E-state index in [1.165, 1.54) is 0 Å². The van der Waals surface area contributed by atoms with Gasteiger partial charge in [-0.1, -0.05) is 22.0 Å². The molecule has 0 spiro atoms. The van der Waals surface area contributed by atoms with E-state index >= 15 is 0 Å². The third-order valence-corrected chi connectivity index (χ3v) is 6.14. The first kappa shape index (κ1) is 23.6. The summed E-state index contributed by atoms with van der Waals surface area (Å²) in [4.78, 5) is 23.6. The highest BCUT2D eigenvalue weighted by Gasteiger charge is 2.30. The Hall–Kier alpha value is -3.59. The number of hydrogen-bond donors (Lipinski definition) is 2. The molecule has 1 aromatic heterocycles. The number of carbonyl (C=O) groups excluding carboxylic acids is 1. The molecule has 0 bridgehead atoms. The van der Waals surface area contributed by atoms with Gasteiger partial charge in [0.15, 0.2) is 0 Å². The predicted octanol–water partition coefficient (Wildman–Crippen LogP) is 5.36. The maximum absolute atomic E-state index is 13.2. The molecule has 34 heavy (non-hydrogen) atoms. The summed E-state index contributed by atoms with van der Waals surface area (Å²) in [5.41, 5.74) is 4.02. The molecule has 1 aliphatic rings. The fourth-order valence-electron chi connectivity index (χ4n) is 3.87. The molecule has 1 amide bonds. The van der Waals surface area contributed by atoms with Gasteiger partial charge in [0.1, 0.15) is 11.5 Å². The second-order valence-corrected chi connectivity index (χ2v) is 8.57. The van der Waals surface area contributed by atoms with Crippen LogP contribution < -0.4 is 20.1 Å². The molecule has 1 atom stereocenters. The number of nitrogens with zero attached hydrogens (tertiary/aromatic N) is 3. The zero-order valence-electron chi connectivity index (χ0n) is 19.2. The van der Waals surface area contributed by atoms with Crippen LogP contribution in [-0.2, 0) is 0 Å². The Morgan fingerprint density at radius 2 is 1.76 bits per heavy atom. The number of hydrogen-bond acceptors (Lipinski definition) is 7. The van der Waals surface area contributed by atoms with Crippen LogP contribution in [0.2, 0.25) is 0 Å². The highest BCUT2D eigenvalue weighted by Crippen LogP contribution is 2.37. The number of aromatic nitrogens is 2. The lowest BCUT2D eigenvalue weighted by molar-refractivity contribution is 0.140. The smallest absolute Gasteiger partial charge is 0.416 e. The number of halogens is 1. The number of carbonyl (C=O) groups is 1. The first-order chi connectivity index (χ1) is 16.5. The van der Waals surface area contributed by atoms with Gasteiger partial charge in [0.25, 0.3) is 0 Å². The Kier molecular flexibility index (Phi) is 7.32. The van der Waals surface area contributed by atoms with Crippen LogP contribution in [0.4, 0.5) is 16.4 Å². The Balaban J connectivity index is 1.68. The minimum Gasteiger partial charge on any atom is -0.497 e. The number of amides is 1. The zero-order valence-corrected chi connectivity index (χ0v) is 20.8. The van der Waals surface area contributed by atoms with Crippen molar-refractivity contribution in [3.8, 4) is 11.5 Å². The molecule has 2 N–H and O–H groups in total. The second-order valence-electron chi connectivity index (χ2n) is 7.65. The van der Waals surface area contributed by atoms with E-state index in [2.05, 4.69) is 48.7 Å². The van der Waals surface area contributed by atoms with E-state index in [-0.39, 0.29) is 6.04 Å². The van der Waals surface area contributed by atoms with Crippen molar-refractivity contribution in [3.05, 3.63) is 76.5 Å². The van der Waals surface area contributed by atoms with E-state index in [9.17, 15) is 4.79 Å². The predicted molar refractivity (Wildman–Crippen MR) is 136 cm³/mol. The summed E-state index contributed by atoms with van der Waals surface area (Å²) < 4.78 is 11.9. The van der Waals surface area contributed by atoms with E-state index in [1.807, 2.05) is 19.2 Å². The van der Waals surface area contributed by atoms with Crippen molar-refractivity contribution < 1.29 is 14.3 Å². The first-order valence-electron chi connectivity index (χ1n) is 10.8. The molecule has 1 unspecified atom stereocenters. The summed E-state index contributed by atoms with van der Waals surface area (Å²) in [5.74, 6) is 1.66. The van der Waals surface area contributed by atoms with Crippen LogP contribution in [0.5, 0.6) is 11.5 Å². The van der Waals surface area contributed by atoms with Gasteiger partial charge >= 0.3 is 6.09 Å². The van der Waals surface area contributed by atoms with Crippen molar-refractivity contribution in [2.24, 2.45) is 0 Å². The summed E-state index contributed by atoms with van der Waals surface area (Å²) in [6.07, 6.45) is 5.78. The van der Waals surface area contributed by atoms with Crippen molar-refractivity contribution in [1.29, 1.82) is 0 Å². The molecule has 4 rings (SSSR count). The molecule has 2 heterocycles. The molecule has 0 fully saturated rings. The van der Waals surface area contributed by atoms with E-state index in [0.717, 1.165) is 26.9 Å². The van der Waals surface area contributed by atoms with Crippen LogP contribution in [0.25, 0.3) is 5.57 Å². The van der Waals surface area contributed by atoms with Crippen LogP contribution in [0.3, 0.4) is 0 Å². The van der Waals surface area contributed by atoms with Gasteiger partial charge in [0, 0.05) is 54.3 Å². The maximum atomic E-state index is 13.2. The lowest BCUT2D eigenvalue weighted by Gasteiger charge is -2.34. The minimum absolute atomic E-state index is 0.385. The molecule has 9 heteroatoms. The molecule has 0 aliphatic carbocycles. The fraction of sp³-hybridized carbons (Fsp3) is 0.240. The molecule has 0 saturated carbocycles. The zero-order chi connectivity index (χ0) is 24.1. The number of anilines is 2. The van der Waals surface area contributed by atoms with Gasteiger partial charge < -0.3 is 20.1 Å². The van der Waals surface area contributed by atoms with Gasteiger partial charge in [-0.25, -0.2) is 14.8 Å². The fourth-order valence-corrected chi connectivity index (χ4v) is 4.23. The Labute approximate surface area is 207 Å². The van der Waals surface area contributed by atoms with E-state index in [0.29, 0.717) is 30.4 Å². The molecular weight excluding hydrogens is 498 g/mol. The third kappa shape index (κ3) is 5.14. The van der Waals surface area contributed by atoms with Crippen molar-refractivity contribution in [1.82, 2.24) is 14.9 Å². The topological polar surface area (TPSA) is 88.6 Å². The van der Waals surface area contributed by atoms with E-state index in [1.54, 1.807) is 55.7 Å². The molecule has 2 aromatic carbocycles. The molecule has 0 radical (unpaired) electrons. The normalized spacial score (nSPS) is 15.4. The second kappa shape index (κ2) is 10.6. The monoisotopic (exact) mass is 523 g/mol. The molecular formula is C25H26BrN5O3. The first-order valence-corrected chi connectivity index (χ1v) is 11.6. The molecule has 1 aliphatic heterocycles. The standard InChI is InChI=1S/C25H26BrN5O3/c1-27-22-9-4-18(26)13-21(22)16-10-11-31(23(12-16)17-14-29-24(28-2)30-15-17)25(32)34-20-7-5-19(33-3)6-8-20/h4-9,12-15,23,27H,10-11H2,1-3H3,(H,28,29,30). The number of benzene rings is 2. The third-order valence-electron chi connectivity index (χ3n) is 5.65. The van der Waals surface area contributed by atoms with Gasteiger partial charge in [0.2, 0.25) is 5.95 Å². The van der Waals surface area contributed by atoms with Crippen molar-refractivity contribution in [2.75, 3.05) is 38.4 Å². The Morgan fingerprint density at radius 1 is 1.06 bits per heavy atom. The van der Waals surface area contributed by atoms with Crippen LogP contribution in [-0.4, -0.2) is 48.7 Å². The van der Waals surface area contributed by atoms with Gasteiger partial charge in [0.05, 0.1) is 13.2 Å². The quantitative estimate of drug-likeness (QED) is 0.449. The van der Waals surface area contributed by atoms with E-state index in [4.69, 9.17) is 9.47 Å². The summed E-state index contributed by atoms with van der Waals surface area (Å²) in [6.45, 7) is 0.481. The minimum atomic E-state index is -0.439. The summed E-state index contributed by atoms with van der Waals surface area (Å²) in [6, 6.07) is 12.7. The SMILES string of the molecule is CNc1ncc(C2C=C(c3cc(Br)ccc3NC)CCN2C(=O)Oc2ccc(OC)cc2)cn1. The van der Waals surface area contributed by atoms with Gasteiger partial charge in [-0.15, -0.1) is 0 Å². The van der Waals surface area contributed by atoms with Crippen molar-refractivity contribution in [3.63, 3.8) is 0 Å². The number of rotatable bonds is 6. The number of nitrogens with one attached hydrogen (secondary N) is 2.